The maximum absolute atomic E-state index is 12.6. The zero-order valence-electron chi connectivity index (χ0n) is 18.3. The third-order valence-corrected chi connectivity index (χ3v) is 4.90. The number of nitrogens with one attached hydrogen (secondary N) is 4. The van der Waals surface area contributed by atoms with Crippen LogP contribution in [0.25, 0.3) is 0 Å². The van der Waals surface area contributed by atoms with Crippen LogP contribution in [0.15, 0.2) is 12.5 Å². The molecule has 178 valence electrons. The van der Waals surface area contributed by atoms with E-state index in [0.29, 0.717) is 12.1 Å². The van der Waals surface area contributed by atoms with Crippen LogP contribution in [0, 0.1) is 5.92 Å². The molecule has 0 radical (unpaired) electrons. The Balaban J connectivity index is 2.77. The number of H-pyrrole nitrogens is 1. The molecule has 1 heterocycles. The summed E-state index contributed by atoms with van der Waals surface area (Å²) in [6.45, 7) is 4.90. The van der Waals surface area contributed by atoms with Crippen molar-refractivity contribution in [1.82, 2.24) is 25.9 Å². The lowest BCUT2D eigenvalue weighted by atomic mass is 9.97. The molecule has 32 heavy (non-hydrogen) atoms. The SMILES string of the molecule is CCC(C)C(NC(=O)C(C)NC(=O)C(N)Cc1cnc[nH]1)C(=O)NC(CC(N)=O)C(=O)O. The van der Waals surface area contributed by atoms with Crippen LogP contribution in [0.4, 0.5) is 0 Å². The fourth-order valence-electron chi connectivity index (χ4n) is 2.75. The fraction of sp³-hybridized carbons (Fsp3) is 0.579. The lowest BCUT2D eigenvalue weighted by Gasteiger charge is -2.27. The minimum Gasteiger partial charge on any atom is -0.480 e. The summed E-state index contributed by atoms with van der Waals surface area (Å²) >= 11 is 0. The molecule has 9 N–H and O–H groups in total. The van der Waals surface area contributed by atoms with Crippen LogP contribution in [0.3, 0.4) is 0 Å². The van der Waals surface area contributed by atoms with Crippen molar-refractivity contribution in [2.24, 2.45) is 17.4 Å². The van der Waals surface area contributed by atoms with Crippen molar-refractivity contribution < 1.29 is 29.1 Å². The summed E-state index contributed by atoms with van der Waals surface area (Å²) in [4.78, 5) is 66.5. The molecule has 0 spiro atoms. The van der Waals surface area contributed by atoms with Crippen molar-refractivity contribution >= 4 is 29.6 Å². The quantitative estimate of drug-likeness (QED) is 0.172. The predicted molar refractivity (Wildman–Crippen MR) is 113 cm³/mol. The lowest BCUT2D eigenvalue weighted by molar-refractivity contribution is -0.144. The van der Waals surface area contributed by atoms with Crippen LogP contribution >= 0.6 is 0 Å². The van der Waals surface area contributed by atoms with Gasteiger partial charge in [-0.3, -0.25) is 19.2 Å². The minimum atomic E-state index is -1.53. The third kappa shape index (κ3) is 8.34. The van der Waals surface area contributed by atoms with Gasteiger partial charge in [0.15, 0.2) is 0 Å². The number of hydrogen-bond acceptors (Lipinski definition) is 7. The Morgan fingerprint density at radius 3 is 2.25 bits per heavy atom. The van der Waals surface area contributed by atoms with Gasteiger partial charge in [-0.25, -0.2) is 9.78 Å². The van der Waals surface area contributed by atoms with Crippen molar-refractivity contribution in [2.45, 2.75) is 64.2 Å². The van der Waals surface area contributed by atoms with Crippen LogP contribution < -0.4 is 27.4 Å². The highest BCUT2D eigenvalue weighted by atomic mass is 16.4. The van der Waals surface area contributed by atoms with Gasteiger partial charge >= 0.3 is 5.97 Å². The Labute approximate surface area is 185 Å². The standard InChI is InChI=1S/C19H31N7O6/c1-4-9(2)15(18(30)25-13(19(31)32)6-14(21)27)26-16(28)10(3)24-17(29)12(20)5-11-7-22-8-23-11/h7-10,12-13,15H,4-6,20H2,1-3H3,(H2,21,27)(H,22,23)(H,24,29)(H,25,30)(H,26,28)(H,31,32). The first-order valence-corrected chi connectivity index (χ1v) is 10.1. The van der Waals surface area contributed by atoms with E-state index in [9.17, 15) is 29.1 Å². The second kappa shape index (κ2) is 12.4. The van der Waals surface area contributed by atoms with Crippen molar-refractivity contribution in [3.63, 3.8) is 0 Å². The smallest absolute Gasteiger partial charge is 0.326 e. The van der Waals surface area contributed by atoms with Gasteiger partial charge in [0, 0.05) is 18.3 Å². The highest BCUT2D eigenvalue weighted by Crippen LogP contribution is 2.09. The molecule has 0 saturated heterocycles. The van der Waals surface area contributed by atoms with Crippen LogP contribution in [0.2, 0.25) is 0 Å². The van der Waals surface area contributed by atoms with Gasteiger partial charge in [-0.1, -0.05) is 20.3 Å². The predicted octanol–water partition coefficient (Wildman–Crippen LogP) is -2.24. The van der Waals surface area contributed by atoms with E-state index in [4.69, 9.17) is 11.5 Å². The van der Waals surface area contributed by atoms with Gasteiger partial charge in [-0.2, -0.15) is 0 Å². The van der Waals surface area contributed by atoms with E-state index in [1.807, 2.05) is 0 Å². The van der Waals surface area contributed by atoms with E-state index in [2.05, 4.69) is 25.9 Å². The van der Waals surface area contributed by atoms with Crippen molar-refractivity contribution in [3.8, 4) is 0 Å². The topological polar surface area (TPSA) is 222 Å². The zero-order chi connectivity index (χ0) is 24.4. The van der Waals surface area contributed by atoms with Gasteiger partial charge in [-0.15, -0.1) is 0 Å². The highest BCUT2D eigenvalue weighted by Gasteiger charge is 2.32. The number of amides is 4. The molecule has 0 aromatic carbocycles. The molecule has 0 aliphatic carbocycles. The molecule has 0 fully saturated rings. The van der Waals surface area contributed by atoms with E-state index in [1.165, 1.54) is 19.4 Å². The summed E-state index contributed by atoms with van der Waals surface area (Å²) < 4.78 is 0. The summed E-state index contributed by atoms with van der Waals surface area (Å²) in [5, 5.41) is 16.4. The Hall–Kier alpha value is -3.48. The molecular weight excluding hydrogens is 422 g/mol. The summed E-state index contributed by atoms with van der Waals surface area (Å²) in [6, 6.07) is -4.57. The molecule has 5 unspecified atom stereocenters. The molecule has 13 nitrogen and oxygen atoms in total. The van der Waals surface area contributed by atoms with Gasteiger partial charge in [0.2, 0.25) is 23.6 Å². The monoisotopic (exact) mass is 453 g/mol. The number of carboxylic acid groups (broad SMARTS) is 1. The zero-order valence-corrected chi connectivity index (χ0v) is 18.3. The number of carbonyl (C=O) groups excluding carboxylic acids is 4. The summed E-state index contributed by atoms with van der Waals surface area (Å²) in [7, 11) is 0. The number of aliphatic carboxylic acids is 1. The summed E-state index contributed by atoms with van der Waals surface area (Å²) in [5.74, 6) is -4.71. The average molecular weight is 454 g/mol. The van der Waals surface area contributed by atoms with E-state index >= 15 is 0 Å². The Kier molecular flexibility index (Phi) is 10.3. The third-order valence-electron chi connectivity index (χ3n) is 4.90. The molecule has 0 aliphatic heterocycles. The molecule has 4 amide bonds. The molecule has 0 bridgehead atoms. The summed E-state index contributed by atoms with van der Waals surface area (Å²) in [5.41, 5.74) is 11.5. The van der Waals surface area contributed by atoms with E-state index < -0.39 is 60.2 Å². The number of aromatic amines is 1. The Morgan fingerprint density at radius 2 is 1.75 bits per heavy atom. The van der Waals surface area contributed by atoms with Gasteiger partial charge in [0.1, 0.15) is 18.1 Å². The van der Waals surface area contributed by atoms with Gasteiger partial charge in [-0.05, 0) is 12.8 Å². The van der Waals surface area contributed by atoms with Crippen LogP contribution in [0.5, 0.6) is 0 Å². The number of hydrogen-bond donors (Lipinski definition) is 7. The summed E-state index contributed by atoms with van der Waals surface area (Å²) in [6.07, 6.45) is 3.06. The van der Waals surface area contributed by atoms with Gasteiger partial charge < -0.3 is 37.5 Å². The number of rotatable bonds is 13. The Morgan fingerprint density at radius 1 is 1.09 bits per heavy atom. The molecule has 0 aliphatic rings. The molecule has 5 atom stereocenters. The molecule has 13 heteroatoms. The maximum Gasteiger partial charge on any atom is 0.326 e. The Bertz CT molecular complexity index is 813. The lowest BCUT2D eigenvalue weighted by Crippen LogP contribution is -2.58. The number of aromatic nitrogens is 2. The maximum atomic E-state index is 12.6. The number of primary amides is 1. The molecule has 0 saturated carbocycles. The number of carboxylic acids is 1. The van der Waals surface area contributed by atoms with Crippen LogP contribution in [-0.2, 0) is 30.4 Å². The number of nitrogens with zero attached hydrogens (tertiary/aromatic N) is 1. The number of nitrogens with two attached hydrogens (primary N) is 2. The molecule has 1 aromatic rings. The highest BCUT2D eigenvalue weighted by molar-refractivity contribution is 5.94. The van der Waals surface area contributed by atoms with Gasteiger partial charge in [0.05, 0.1) is 18.8 Å². The van der Waals surface area contributed by atoms with Crippen molar-refractivity contribution in [2.75, 3.05) is 0 Å². The van der Waals surface area contributed by atoms with E-state index in [0.717, 1.165) is 0 Å². The van der Waals surface area contributed by atoms with E-state index in [1.54, 1.807) is 13.8 Å². The van der Waals surface area contributed by atoms with E-state index in [-0.39, 0.29) is 12.3 Å². The number of imidazole rings is 1. The first-order chi connectivity index (χ1) is 15.0. The number of carbonyl (C=O) groups is 5. The first kappa shape index (κ1) is 26.6. The van der Waals surface area contributed by atoms with Crippen LogP contribution in [-0.4, -0.2) is 68.8 Å². The minimum absolute atomic E-state index is 0.189. The molecule has 1 rings (SSSR count). The van der Waals surface area contributed by atoms with Crippen LogP contribution in [0.1, 0.15) is 39.3 Å². The first-order valence-electron chi connectivity index (χ1n) is 10.1. The molecule has 1 aromatic heterocycles. The second-order valence-corrected chi connectivity index (χ2v) is 7.56. The fourth-order valence-corrected chi connectivity index (χ4v) is 2.75. The van der Waals surface area contributed by atoms with Gasteiger partial charge in [0.25, 0.3) is 0 Å². The largest absolute Gasteiger partial charge is 0.480 e. The average Bonchev–Trinajstić information content (AvgIpc) is 3.22. The molecular formula is C19H31N7O6. The normalized spacial score (nSPS) is 15.5. The second-order valence-electron chi connectivity index (χ2n) is 7.56. The van der Waals surface area contributed by atoms with Crippen molar-refractivity contribution in [3.05, 3.63) is 18.2 Å². The van der Waals surface area contributed by atoms with Crippen molar-refractivity contribution in [1.29, 1.82) is 0 Å².